The highest BCUT2D eigenvalue weighted by atomic mass is 32.2. The lowest BCUT2D eigenvalue weighted by molar-refractivity contribution is 0.207. The first-order valence-electron chi connectivity index (χ1n) is 3.57. The normalized spacial score (nSPS) is 28.2. The van der Waals surface area contributed by atoms with Crippen LogP contribution in [-0.4, -0.2) is 26.5 Å². The molecule has 3 nitrogen and oxygen atoms in total. The van der Waals surface area contributed by atoms with Gasteiger partial charge in [0.05, 0.1) is 24.4 Å². The first-order chi connectivity index (χ1) is 5.14. The average molecular weight is 176 g/mol. The summed E-state index contributed by atoms with van der Waals surface area (Å²) in [6.45, 7) is 3.88. The number of hydrogen-bond donors (Lipinski definition) is 0. The summed E-state index contributed by atoms with van der Waals surface area (Å²) in [4.78, 5) is 0. The Hall–Kier alpha value is -0.510. The summed E-state index contributed by atoms with van der Waals surface area (Å²) in [5.41, 5.74) is 0. The Morgan fingerprint density at radius 3 is 2.82 bits per heavy atom. The number of hydrogen-bond acceptors (Lipinski definition) is 3. The van der Waals surface area contributed by atoms with Gasteiger partial charge in [-0.1, -0.05) is 6.58 Å². The maximum Gasteiger partial charge on any atom is 0.150 e. The maximum atomic E-state index is 10.9. The Bertz CT molecular complexity index is 230. The highest BCUT2D eigenvalue weighted by Crippen LogP contribution is 2.18. The van der Waals surface area contributed by atoms with Crippen LogP contribution in [0.25, 0.3) is 0 Å². The van der Waals surface area contributed by atoms with Crippen LogP contribution in [0.15, 0.2) is 12.8 Å². The summed E-state index contributed by atoms with van der Waals surface area (Å²) >= 11 is 0. The SMILES string of the molecule is C=COCC1CCS(=O)(=O)C1. The molecule has 0 bridgehead atoms. The zero-order valence-corrected chi connectivity index (χ0v) is 7.14. The molecular weight excluding hydrogens is 164 g/mol. The summed E-state index contributed by atoms with van der Waals surface area (Å²) < 4.78 is 26.8. The molecule has 0 aliphatic carbocycles. The Morgan fingerprint density at radius 1 is 1.64 bits per heavy atom. The predicted molar refractivity (Wildman–Crippen MR) is 42.9 cm³/mol. The first kappa shape index (κ1) is 8.59. The molecule has 0 saturated carbocycles. The van der Waals surface area contributed by atoms with Crippen molar-refractivity contribution in [1.29, 1.82) is 0 Å². The number of ether oxygens (including phenoxy) is 1. The molecule has 1 rings (SSSR count). The molecule has 0 radical (unpaired) electrons. The minimum absolute atomic E-state index is 0.179. The Kier molecular flexibility index (Phi) is 2.54. The van der Waals surface area contributed by atoms with E-state index in [4.69, 9.17) is 4.74 Å². The van der Waals surface area contributed by atoms with Gasteiger partial charge in [0.2, 0.25) is 0 Å². The van der Waals surface area contributed by atoms with Gasteiger partial charge < -0.3 is 4.74 Å². The fourth-order valence-electron chi connectivity index (χ4n) is 1.21. The second kappa shape index (κ2) is 3.26. The molecule has 1 saturated heterocycles. The Labute approximate surface area is 67.0 Å². The average Bonchev–Trinajstić information content (AvgIpc) is 2.26. The van der Waals surface area contributed by atoms with E-state index in [0.717, 1.165) is 6.42 Å². The van der Waals surface area contributed by atoms with E-state index in [9.17, 15) is 8.42 Å². The van der Waals surface area contributed by atoms with Crippen LogP contribution in [0.3, 0.4) is 0 Å². The van der Waals surface area contributed by atoms with Gasteiger partial charge in [-0.25, -0.2) is 8.42 Å². The summed E-state index contributed by atoms with van der Waals surface area (Å²) in [7, 11) is -2.74. The zero-order chi connectivity index (χ0) is 8.32. The summed E-state index contributed by atoms with van der Waals surface area (Å²) in [5.74, 6) is 0.775. The quantitative estimate of drug-likeness (QED) is 0.591. The molecule has 0 aromatic carbocycles. The van der Waals surface area contributed by atoms with E-state index < -0.39 is 9.84 Å². The standard InChI is InChI=1S/C7H12O3S/c1-2-10-5-7-3-4-11(8,9)6-7/h2,7H,1,3-6H2. The van der Waals surface area contributed by atoms with Crippen molar-refractivity contribution < 1.29 is 13.2 Å². The van der Waals surface area contributed by atoms with Crippen LogP contribution in [0.2, 0.25) is 0 Å². The first-order valence-corrected chi connectivity index (χ1v) is 5.39. The van der Waals surface area contributed by atoms with Crippen LogP contribution in [0.5, 0.6) is 0 Å². The lowest BCUT2D eigenvalue weighted by atomic mass is 10.1. The van der Waals surface area contributed by atoms with Crippen molar-refractivity contribution in [3.8, 4) is 0 Å². The van der Waals surface area contributed by atoms with Crippen LogP contribution in [-0.2, 0) is 14.6 Å². The van der Waals surface area contributed by atoms with E-state index in [1.165, 1.54) is 6.26 Å². The van der Waals surface area contributed by atoms with Gasteiger partial charge in [-0.2, -0.15) is 0 Å². The molecule has 0 aromatic rings. The molecule has 11 heavy (non-hydrogen) atoms. The Morgan fingerprint density at radius 2 is 2.36 bits per heavy atom. The van der Waals surface area contributed by atoms with Crippen LogP contribution < -0.4 is 0 Å². The van der Waals surface area contributed by atoms with Gasteiger partial charge in [0.15, 0.2) is 9.84 Å². The van der Waals surface area contributed by atoms with Gasteiger partial charge in [0.1, 0.15) is 0 Å². The van der Waals surface area contributed by atoms with Crippen LogP contribution in [0, 0.1) is 5.92 Å². The molecule has 0 amide bonds. The van der Waals surface area contributed by atoms with Gasteiger partial charge in [0.25, 0.3) is 0 Å². The third kappa shape index (κ3) is 2.54. The van der Waals surface area contributed by atoms with Crippen molar-refractivity contribution in [2.24, 2.45) is 5.92 Å². The second-order valence-electron chi connectivity index (χ2n) is 2.77. The smallest absolute Gasteiger partial charge is 0.150 e. The minimum Gasteiger partial charge on any atom is -0.501 e. The second-order valence-corrected chi connectivity index (χ2v) is 5.00. The Balaban J connectivity index is 2.36. The van der Waals surface area contributed by atoms with Crippen molar-refractivity contribution in [2.75, 3.05) is 18.1 Å². The lowest BCUT2D eigenvalue weighted by Gasteiger charge is -2.04. The van der Waals surface area contributed by atoms with Crippen LogP contribution in [0.1, 0.15) is 6.42 Å². The summed E-state index contributed by atoms with van der Waals surface area (Å²) in [5, 5.41) is 0. The molecule has 1 aliphatic heterocycles. The highest BCUT2D eigenvalue weighted by Gasteiger charge is 2.27. The predicted octanol–water partition coefficient (Wildman–Crippen LogP) is 0.581. The molecule has 1 aliphatic rings. The number of rotatable bonds is 3. The van der Waals surface area contributed by atoms with Crippen LogP contribution >= 0.6 is 0 Å². The van der Waals surface area contributed by atoms with Crippen molar-refractivity contribution in [3.05, 3.63) is 12.8 Å². The topological polar surface area (TPSA) is 43.4 Å². The van der Waals surface area contributed by atoms with E-state index in [1.54, 1.807) is 0 Å². The molecular formula is C7H12O3S. The summed E-state index contributed by atoms with van der Waals surface area (Å²) in [6.07, 6.45) is 2.08. The van der Waals surface area contributed by atoms with Crippen molar-refractivity contribution in [2.45, 2.75) is 6.42 Å². The van der Waals surface area contributed by atoms with Crippen molar-refractivity contribution >= 4 is 9.84 Å². The monoisotopic (exact) mass is 176 g/mol. The van der Waals surface area contributed by atoms with E-state index in [2.05, 4.69) is 6.58 Å². The van der Waals surface area contributed by atoms with E-state index in [-0.39, 0.29) is 11.7 Å². The molecule has 1 heterocycles. The molecule has 1 atom stereocenters. The molecule has 64 valence electrons. The zero-order valence-electron chi connectivity index (χ0n) is 6.32. The van der Waals surface area contributed by atoms with Crippen molar-refractivity contribution in [1.82, 2.24) is 0 Å². The van der Waals surface area contributed by atoms with Gasteiger partial charge >= 0.3 is 0 Å². The minimum atomic E-state index is -2.74. The maximum absolute atomic E-state index is 10.9. The van der Waals surface area contributed by atoms with E-state index >= 15 is 0 Å². The molecule has 1 fully saturated rings. The third-order valence-corrected chi connectivity index (χ3v) is 3.61. The molecule has 4 heteroatoms. The highest BCUT2D eigenvalue weighted by molar-refractivity contribution is 7.91. The van der Waals surface area contributed by atoms with Crippen molar-refractivity contribution in [3.63, 3.8) is 0 Å². The molecule has 0 spiro atoms. The largest absolute Gasteiger partial charge is 0.501 e. The molecule has 0 N–H and O–H groups in total. The fraction of sp³-hybridized carbons (Fsp3) is 0.714. The molecule has 0 aromatic heterocycles. The van der Waals surface area contributed by atoms with Gasteiger partial charge in [-0.15, -0.1) is 0 Å². The number of sulfone groups is 1. The summed E-state index contributed by atoms with van der Waals surface area (Å²) in [6, 6.07) is 0. The third-order valence-electron chi connectivity index (χ3n) is 1.78. The van der Waals surface area contributed by atoms with Gasteiger partial charge in [0, 0.05) is 5.92 Å². The van der Waals surface area contributed by atoms with Gasteiger partial charge in [-0.3, -0.25) is 0 Å². The fourth-order valence-corrected chi connectivity index (χ4v) is 3.05. The van der Waals surface area contributed by atoms with Crippen LogP contribution in [0.4, 0.5) is 0 Å². The van der Waals surface area contributed by atoms with Gasteiger partial charge in [-0.05, 0) is 6.42 Å². The molecule has 1 unspecified atom stereocenters. The van der Waals surface area contributed by atoms with E-state index in [1.807, 2.05) is 0 Å². The lowest BCUT2D eigenvalue weighted by Crippen LogP contribution is -2.09. The van der Waals surface area contributed by atoms with E-state index in [0.29, 0.717) is 12.4 Å².